The van der Waals surface area contributed by atoms with Crippen LogP contribution in [0.15, 0.2) is 29.1 Å². The lowest BCUT2D eigenvalue weighted by atomic mass is 10.0. The highest BCUT2D eigenvalue weighted by Gasteiger charge is 2.41. The van der Waals surface area contributed by atoms with Crippen LogP contribution in [0, 0.1) is 6.92 Å². The summed E-state index contributed by atoms with van der Waals surface area (Å²) >= 11 is 2.02. The summed E-state index contributed by atoms with van der Waals surface area (Å²) in [6, 6.07) is 9.19. The third kappa shape index (κ3) is 4.59. The number of aryl methyl sites for hydroxylation is 1. The van der Waals surface area contributed by atoms with E-state index in [1.807, 2.05) is 23.9 Å². The number of halogens is 1. The summed E-state index contributed by atoms with van der Waals surface area (Å²) in [6.45, 7) is 2.19. The second kappa shape index (κ2) is 9.14. The van der Waals surface area contributed by atoms with Gasteiger partial charge in [-0.3, -0.25) is 9.47 Å². The number of nitrogens with zero attached hydrogens (tertiary/aromatic N) is 4. The fourth-order valence-corrected chi connectivity index (χ4v) is 6.12. The summed E-state index contributed by atoms with van der Waals surface area (Å²) in [5.41, 5.74) is 1.07. The predicted octanol–water partition coefficient (Wildman–Crippen LogP) is 3.17. The van der Waals surface area contributed by atoms with Crippen LogP contribution in [0.1, 0.15) is 37.1 Å². The first-order valence-corrected chi connectivity index (χ1v) is 11.7. The van der Waals surface area contributed by atoms with E-state index in [4.69, 9.17) is 4.74 Å². The molecule has 0 N–H and O–H groups in total. The highest BCUT2D eigenvalue weighted by atomic mass is 32.2. The number of piperidine rings is 1. The Balaban J connectivity index is 1.29. The molecule has 1 aromatic carbocycles. The van der Waals surface area contributed by atoms with Crippen LogP contribution < -0.4 is 10.4 Å². The summed E-state index contributed by atoms with van der Waals surface area (Å²) in [7, 11) is 3.36. The zero-order valence-electron chi connectivity index (χ0n) is 18.0. The van der Waals surface area contributed by atoms with Crippen molar-refractivity contribution < 1.29 is 9.13 Å². The molecule has 2 aromatic rings. The van der Waals surface area contributed by atoms with E-state index in [2.05, 4.69) is 22.1 Å². The maximum absolute atomic E-state index is 14.8. The first-order valence-electron chi connectivity index (χ1n) is 10.7. The zero-order valence-corrected chi connectivity index (χ0v) is 18.8. The first-order chi connectivity index (χ1) is 14.4. The van der Waals surface area contributed by atoms with Crippen molar-refractivity contribution >= 4 is 11.8 Å². The van der Waals surface area contributed by atoms with Gasteiger partial charge < -0.3 is 4.74 Å². The average Bonchev–Trinajstić information content (AvgIpc) is 3.11. The highest BCUT2D eigenvalue weighted by Crippen LogP contribution is 2.41. The quantitative estimate of drug-likeness (QED) is 0.639. The van der Waals surface area contributed by atoms with Crippen LogP contribution in [0.2, 0.25) is 0 Å². The number of thioether (sulfide) groups is 1. The third-order valence-corrected chi connectivity index (χ3v) is 7.88. The van der Waals surface area contributed by atoms with Gasteiger partial charge in [0, 0.05) is 36.7 Å². The van der Waals surface area contributed by atoms with Gasteiger partial charge in [-0.05, 0) is 50.3 Å². The van der Waals surface area contributed by atoms with Crippen molar-refractivity contribution in [3.8, 4) is 5.75 Å². The van der Waals surface area contributed by atoms with Crippen molar-refractivity contribution in [2.45, 2.75) is 68.4 Å². The molecule has 2 aliphatic rings. The molecule has 0 aliphatic carbocycles. The maximum Gasteiger partial charge on any atom is 0.345 e. The summed E-state index contributed by atoms with van der Waals surface area (Å²) in [5.74, 6) is 2.50. The number of hydrogen-bond donors (Lipinski definition) is 0. The van der Waals surface area contributed by atoms with Gasteiger partial charge in [-0.1, -0.05) is 12.1 Å². The van der Waals surface area contributed by atoms with E-state index in [-0.39, 0.29) is 12.2 Å². The molecule has 0 amide bonds. The van der Waals surface area contributed by atoms with E-state index >= 15 is 0 Å². The molecule has 3 heterocycles. The summed E-state index contributed by atoms with van der Waals surface area (Å²) < 4.78 is 22.8. The molecular formula is C22H31FN4O2S. The van der Waals surface area contributed by atoms with Crippen LogP contribution in [-0.2, 0) is 19.3 Å². The molecule has 0 saturated carbocycles. The molecule has 6 nitrogen and oxygen atoms in total. The van der Waals surface area contributed by atoms with E-state index in [1.165, 1.54) is 14.8 Å². The molecule has 2 saturated heterocycles. The zero-order chi connectivity index (χ0) is 21.3. The van der Waals surface area contributed by atoms with E-state index < -0.39 is 6.17 Å². The minimum Gasteiger partial charge on any atom is -0.497 e. The SMILES string of the molecule is COc1ccc(CSC2CC3CCC(C2)N3C[C@@H](F)Cn2nc(C)n(C)c2=O)cc1. The number of benzene rings is 1. The second-order valence-corrected chi connectivity index (χ2v) is 9.79. The van der Waals surface area contributed by atoms with Crippen molar-refractivity contribution in [2.24, 2.45) is 7.05 Å². The number of methoxy groups -OCH3 is 1. The molecule has 2 bridgehead atoms. The lowest BCUT2D eigenvalue weighted by Crippen LogP contribution is -2.47. The molecule has 3 atom stereocenters. The van der Waals surface area contributed by atoms with Gasteiger partial charge in [0.15, 0.2) is 0 Å². The Morgan fingerprint density at radius 3 is 2.43 bits per heavy atom. The van der Waals surface area contributed by atoms with Crippen LogP contribution in [-0.4, -0.2) is 56.4 Å². The Labute approximate surface area is 181 Å². The van der Waals surface area contributed by atoms with Gasteiger partial charge in [-0.2, -0.15) is 16.9 Å². The highest BCUT2D eigenvalue weighted by molar-refractivity contribution is 7.99. The minimum absolute atomic E-state index is 0.0338. The van der Waals surface area contributed by atoms with Gasteiger partial charge in [-0.15, -0.1) is 0 Å². The Morgan fingerprint density at radius 1 is 1.20 bits per heavy atom. The van der Waals surface area contributed by atoms with Crippen LogP contribution in [0.3, 0.4) is 0 Å². The molecule has 8 heteroatoms. The van der Waals surface area contributed by atoms with Crippen molar-refractivity contribution in [3.05, 3.63) is 46.1 Å². The Hall–Kier alpha value is -1.80. The molecule has 2 unspecified atom stereocenters. The Kier molecular flexibility index (Phi) is 6.53. The Morgan fingerprint density at radius 2 is 1.87 bits per heavy atom. The number of aromatic nitrogens is 3. The number of alkyl halides is 1. The van der Waals surface area contributed by atoms with Gasteiger partial charge in [0.05, 0.1) is 13.7 Å². The van der Waals surface area contributed by atoms with Gasteiger partial charge >= 0.3 is 5.69 Å². The first kappa shape index (κ1) is 21.4. The van der Waals surface area contributed by atoms with Crippen molar-refractivity contribution in [1.82, 2.24) is 19.2 Å². The molecule has 2 aliphatic heterocycles. The lowest BCUT2D eigenvalue weighted by molar-refractivity contribution is 0.0965. The smallest absolute Gasteiger partial charge is 0.345 e. The van der Waals surface area contributed by atoms with Crippen LogP contribution in [0.4, 0.5) is 4.39 Å². The van der Waals surface area contributed by atoms with E-state index in [1.54, 1.807) is 21.1 Å². The molecule has 30 heavy (non-hydrogen) atoms. The fraction of sp³-hybridized carbons (Fsp3) is 0.636. The summed E-state index contributed by atoms with van der Waals surface area (Å²) in [5, 5.41) is 4.79. The van der Waals surface area contributed by atoms with Crippen molar-refractivity contribution in [3.63, 3.8) is 0 Å². The Bertz CT molecular complexity index is 899. The van der Waals surface area contributed by atoms with Crippen LogP contribution in [0.5, 0.6) is 5.75 Å². The lowest BCUT2D eigenvalue weighted by Gasteiger charge is -2.39. The number of ether oxygens (including phenoxy) is 1. The number of fused-ring (bicyclic) bond motifs is 2. The standard InChI is InChI=1S/C22H31FN4O2S/c1-15-24-27(22(28)25(15)2)13-17(23)12-26-18-6-7-19(26)11-21(10-18)30-14-16-4-8-20(29-3)9-5-16/h4-5,8-9,17-19,21H,6-7,10-14H2,1-3H3/t17-,18?,19?,21?/m1/s1. The normalized spacial score (nSPS) is 24.9. The van der Waals surface area contributed by atoms with Gasteiger partial charge in [0.2, 0.25) is 0 Å². The molecular weight excluding hydrogens is 403 g/mol. The second-order valence-electron chi connectivity index (χ2n) is 8.50. The number of hydrogen-bond acceptors (Lipinski definition) is 5. The number of rotatable bonds is 8. The van der Waals surface area contributed by atoms with E-state index in [9.17, 15) is 9.18 Å². The maximum atomic E-state index is 14.8. The predicted molar refractivity (Wildman–Crippen MR) is 118 cm³/mol. The monoisotopic (exact) mass is 434 g/mol. The van der Waals surface area contributed by atoms with E-state index in [0.717, 1.165) is 37.2 Å². The molecule has 0 spiro atoms. The van der Waals surface area contributed by atoms with Crippen LogP contribution in [0.25, 0.3) is 0 Å². The van der Waals surface area contributed by atoms with Gasteiger partial charge in [0.1, 0.15) is 17.7 Å². The molecule has 0 radical (unpaired) electrons. The van der Waals surface area contributed by atoms with Gasteiger partial charge in [-0.25, -0.2) is 13.9 Å². The van der Waals surface area contributed by atoms with Crippen molar-refractivity contribution in [2.75, 3.05) is 13.7 Å². The van der Waals surface area contributed by atoms with Crippen molar-refractivity contribution in [1.29, 1.82) is 0 Å². The third-order valence-electron chi connectivity index (χ3n) is 6.52. The molecule has 2 fully saturated rings. The topological polar surface area (TPSA) is 52.3 Å². The molecule has 164 valence electrons. The summed E-state index contributed by atoms with van der Waals surface area (Å²) in [6.07, 6.45) is 3.46. The largest absolute Gasteiger partial charge is 0.497 e. The minimum atomic E-state index is -1.08. The summed E-state index contributed by atoms with van der Waals surface area (Å²) in [4.78, 5) is 14.5. The van der Waals surface area contributed by atoms with Gasteiger partial charge in [0.25, 0.3) is 0 Å². The van der Waals surface area contributed by atoms with E-state index in [0.29, 0.717) is 29.7 Å². The average molecular weight is 435 g/mol. The molecule has 1 aromatic heterocycles. The fourth-order valence-electron chi connectivity index (χ4n) is 4.78. The van der Waals surface area contributed by atoms with Crippen LogP contribution >= 0.6 is 11.8 Å². The molecule has 4 rings (SSSR count).